The van der Waals surface area contributed by atoms with Crippen molar-refractivity contribution in [1.82, 2.24) is 5.43 Å². The van der Waals surface area contributed by atoms with Crippen molar-refractivity contribution in [3.05, 3.63) is 51.4 Å². The van der Waals surface area contributed by atoms with Gasteiger partial charge in [-0.2, -0.15) is 5.10 Å². The topological polar surface area (TPSA) is 63.8 Å². The normalized spacial score (nSPS) is 10.9. The molecule has 116 valence electrons. The molecule has 0 aliphatic rings. The molecule has 2 aromatic rings. The van der Waals surface area contributed by atoms with E-state index in [1.165, 1.54) is 6.21 Å². The van der Waals surface area contributed by atoms with Crippen molar-refractivity contribution < 1.29 is 13.9 Å². The highest BCUT2D eigenvalue weighted by molar-refractivity contribution is 9.10. The van der Waals surface area contributed by atoms with Gasteiger partial charge < -0.3 is 9.15 Å². The molecule has 0 saturated heterocycles. The average Bonchev–Trinajstić information content (AvgIpc) is 2.83. The molecule has 0 aliphatic heterocycles. The van der Waals surface area contributed by atoms with Gasteiger partial charge in [0.25, 0.3) is 5.91 Å². The highest BCUT2D eigenvalue weighted by Gasteiger charge is 2.08. The third-order valence-electron chi connectivity index (χ3n) is 2.86. The monoisotopic (exact) mass is 364 g/mol. The first-order valence-corrected chi connectivity index (χ1v) is 7.53. The van der Waals surface area contributed by atoms with E-state index in [1.807, 2.05) is 39.0 Å². The number of rotatable bonds is 5. The first kappa shape index (κ1) is 16.3. The molecule has 0 atom stereocenters. The predicted octanol–water partition coefficient (Wildman–Crippen LogP) is 3.50. The van der Waals surface area contributed by atoms with E-state index in [1.54, 1.807) is 6.07 Å². The molecule has 6 heteroatoms. The Kier molecular flexibility index (Phi) is 5.38. The summed E-state index contributed by atoms with van der Waals surface area (Å²) in [7, 11) is 0. The molecular weight excluding hydrogens is 348 g/mol. The number of hydrogen-bond acceptors (Lipinski definition) is 4. The average molecular weight is 365 g/mol. The number of carbonyl (C=O) groups excluding carboxylic acids is 1. The van der Waals surface area contributed by atoms with Crippen LogP contribution in [0.4, 0.5) is 0 Å². The Bertz CT molecular complexity index is 684. The van der Waals surface area contributed by atoms with Crippen molar-refractivity contribution in [3.8, 4) is 5.75 Å². The molecule has 1 aromatic heterocycles. The number of hydrogen-bond donors (Lipinski definition) is 1. The van der Waals surface area contributed by atoms with Crippen LogP contribution in [-0.2, 0) is 4.79 Å². The molecule has 1 N–H and O–H groups in total. The maximum atomic E-state index is 11.7. The Balaban J connectivity index is 1.87. The highest BCUT2D eigenvalue weighted by Crippen LogP contribution is 2.29. The lowest BCUT2D eigenvalue weighted by Gasteiger charge is -2.11. The quantitative estimate of drug-likeness (QED) is 0.652. The van der Waals surface area contributed by atoms with Crippen molar-refractivity contribution >= 4 is 28.1 Å². The molecule has 0 unspecified atom stereocenters. The van der Waals surface area contributed by atoms with Crippen LogP contribution in [0.15, 0.2) is 38.3 Å². The second-order valence-corrected chi connectivity index (χ2v) is 5.78. The summed E-state index contributed by atoms with van der Waals surface area (Å²) in [5.41, 5.74) is 4.48. The van der Waals surface area contributed by atoms with Gasteiger partial charge in [0.2, 0.25) is 0 Å². The zero-order valence-corrected chi connectivity index (χ0v) is 14.2. The van der Waals surface area contributed by atoms with Crippen LogP contribution >= 0.6 is 15.9 Å². The number of carbonyl (C=O) groups is 1. The summed E-state index contributed by atoms with van der Waals surface area (Å²) in [4.78, 5) is 11.7. The van der Waals surface area contributed by atoms with E-state index in [-0.39, 0.29) is 12.5 Å². The van der Waals surface area contributed by atoms with Crippen LogP contribution in [0.2, 0.25) is 0 Å². The molecule has 0 fully saturated rings. The van der Waals surface area contributed by atoms with Crippen LogP contribution in [0.3, 0.4) is 0 Å². The maximum absolute atomic E-state index is 11.7. The lowest BCUT2D eigenvalue weighted by molar-refractivity contribution is -0.123. The van der Waals surface area contributed by atoms with Gasteiger partial charge in [-0.25, -0.2) is 5.43 Å². The Morgan fingerprint density at radius 3 is 2.77 bits per heavy atom. The van der Waals surface area contributed by atoms with Gasteiger partial charge in [-0.15, -0.1) is 0 Å². The fourth-order valence-corrected chi connectivity index (χ4v) is 2.73. The van der Waals surface area contributed by atoms with Crippen molar-refractivity contribution in [2.45, 2.75) is 20.8 Å². The molecule has 1 amide bonds. The van der Waals surface area contributed by atoms with Crippen LogP contribution < -0.4 is 10.2 Å². The number of furan rings is 1. The highest BCUT2D eigenvalue weighted by atomic mass is 79.9. The van der Waals surface area contributed by atoms with Crippen LogP contribution in [-0.4, -0.2) is 18.7 Å². The molecule has 0 bridgehead atoms. The summed E-state index contributed by atoms with van der Waals surface area (Å²) < 4.78 is 11.7. The van der Waals surface area contributed by atoms with E-state index in [9.17, 15) is 4.79 Å². The summed E-state index contributed by atoms with van der Waals surface area (Å²) in [5, 5.41) is 3.82. The molecule has 0 saturated carbocycles. The molecule has 1 aromatic carbocycles. The fraction of sp³-hybridized carbons (Fsp3) is 0.250. The minimum absolute atomic E-state index is 0.114. The van der Waals surface area contributed by atoms with E-state index < -0.39 is 0 Å². The molecule has 5 nitrogen and oxygen atoms in total. The standard InChI is InChI=1S/C16H17BrN2O3/c1-10-6-11(2)16(14(17)7-10)21-9-15(20)19-18-8-13-5-4-12(3)22-13/h4-8H,9H2,1-3H3,(H,19,20)/b18-8-. The number of nitrogens with one attached hydrogen (secondary N) is 1. The Hall–Kier alpha value is -2.08. The van der Waals surface area contributed by atoms with Gasteiger partial charge in [-0.05, 0) is 66.0 Å². The van der Waals surface area contributed by atoms with E-state index in [4.69, 9.17) is 9.15 Å². The second-order valence-electron chi connectivity index (χ2n) is 4.92. The van der Waals surface area contributed by atoms with Gasteiger partial charge in [0, 0.05) is 0 Å². The number of benzene rings is 1. The number of ether oxygens (including phenoxy) is 1. The fourth-order valence-electron chi connectivity index (χ4n) is 1.95. The lowest BCUT2D eigenvalue weighted by Crippen LogP contribution is -2.24. The van der Waals surface area contributed by atoms with Crippen LogP contribution in [0.5, 0.6) is 5.75 Å². The number of hydrazone groups is 1. The largest absolute Gasteiger partial charge is 0.482 e. The SMILES string of the molecule is Cc1cc(C)c(OCC(=O)N/N=C\c2ccc(C)o2)c(Br)c1. The van der Waals surface area contributed by atoms with E-state index in [2.05, 4.69) is 26.5 Å². The van der Waals surface area contributed by atoms with E-state index in [0.29, 0.717) is 11.5 Å². The summed E-state index contributed by atoms with van der Waals surface area (Å²) in [6.07, 6.45) is 1.44. The Morgan fingerprint density at radius 2 is 2.14 bits per heavy atom. The molecule has 0 spiro atoms. The minimum Gasteiger partial charge on any atom is -0.482 e. The van der Waals surface area contributed by atoms with Crippen LogP contribution in [0, 0.1) is 20.8 Å². The van der Waals surface area contributed by atoms with Crippen molar-refractivity contribution in [2.24, 2.45) is 5.10 Å². The Morgan fingerprint density at radius 1 is 1.36 bits per heavy atom. The summed E-state index contributed by atoms with van der Waals surface area (Å²) in [5.74, 6) is 1.68. The van der Waals surface area contributed by atoms with Gasteiger partial charge in [-0.1, -0.05) is 6.07 Å². The predicted molar refractivity (Wildman–Crippen MR) is 88.3 cm³/mol. The number of amides is 1. The summed E-state index contributed by atoms with van der Waals surface area (Å²) >= 11 is 3.43. The molecule has 0 aliphatic carbocycles. The molecule has 2 rings (SSSR count). The molecule has 0 radical (unpaired) electrons. The van der Waals surface area contributed by atoms with Gasteiger partial charge in [0.05, 0.1) is 10.7 Å². The smallest absolute Gasteiger partial charge is 0.277 e. The molecular formula is C16H17BrN2O3. The number of halogens is 1. The van der Waals surface area contributed by atoms with Crippen molar-refractivity contribution in [1.29, 1.82) is 0 Å². The number of aryl methyl sites for hydroxylation is 3. The second kappa shape index (κ2) is 7.26. The van der Waals surface area contributed by atoms with Gasteiger partial charge in [0.15, 0.2) is 6.61 Å². The minimum atomic E-state index is -0.341. The van der Waals surface area contributed by atoms with Crippen molar-refractivity contribution in [3.63, 3.8) is 0 Å². The molecule has 1 heterocycles. The van der Waals surface area contributed by atoms with E-state index in [0.717, 1.165) is 21.4 Å². The summed E-state index contributed by atoms with van der Waals surface area (Å²) in [6.45, 7) is 5.66. The third kappa shape index (κ3) is 4.46. The Labute approximate surface area is 137 Å². The van der Waals surface area contributed by atoms with Crippen molar-refractivity contribution in [2.75, 3.05) is 6.61 Å². The zero-order chi connectivity index (χ0) is 16.1. The van der Waals surface area contributed by atoms with Gasteiger partial charge in [-0.3, -0.25) is 4.79 Å². The van der Waals surface area contributed by atoms with Gasteiger partial charge in [0.1, 0.15) is 17.3 Å². The molecule has 22 heavy (non-hydrogen) atoms. The first-order valence-electron chi connectivity index (χ1n) is 6.73. The third-order valence-corrected chi connectivity index (χ3v) is 3.45. The van der Waals surface area contributed by atoms with Gasteiger partial charge >= 0.3 is 0 Å². The maximum Gasteiger partial charge on any atom is 0.277 e. The first-order chi connectivity index (χ1) is 10.5. The summed E-state index contributed by atoms with van der Waals surface area (Å²) in [6, 6.07) is 7.53. The lowest BCUT2D eigenvalue weighted by atomic mass is 10.1. The van der Waals surface area contributed by atoms with E-state index >= 15 is 0 Å². The zero-order valence-electron chi connectivity index (χ0n) is 12.6. The van der Waals surface area contributed by atoms with Crippen LogP contribution in [0.25, 0.3) is 0 Å². The van der Waals surface area contributed by atoms with Crippen LogP contribution in [0.1, 0.15) is 22.6 Å². The number of nitrogens with zero attached hydrogens (tertiary/aromatic N) is 1.